The normalized spacial score (nSPS) is 26.2. The Kier molecular flexibility index (Phi) is 3.13. The number of aliphatic hydroxyl groups excluding tert-OH is 2. The van der Waals surface area contributed by atoms with Crippen LogP contribution in [0.3, 0.4) is 0 Å². The standard InChI is InChI=1S/C12H13N3O5/c16-5-11-10(17)4-12(20-11)14-6-13-8-2-1-7(15(18)19)3-9(8)14/h1-3,6,10-12,16-17H,4-5H2/t10-,11+,12+/m0/s1. The van der Waals surface area contributed by atoms with Gasteiger partial charge >= 0.3 is 0 Å². The second-order valence-corrected chi connectivity index (χ2v) is 4.70. The van der Waals surface area contributed by atoms with E-state index in [1.165, 1.54) is 18.5 Å². The van der Waals surface area contributed by atoms with Gasteiger partial charge in [0.2, 0.25) is 0 Å². The number of aromatic nitrogens is 2. The van der Waals surface area contributed by atoms with Gasteiger partial charge in [0.15, 0.2) is 0 Å². The van der Waals surface area contributed by atoms with Gasteiger partial charge in [0.1, 0.15) is 12.3 Å². The number of non-ortho nitro benzene ring substituents is 1. The molecule has 3 atom stereocenters. The second kappa shape index (κ2) is 4.82. The topological polar surface area (TPSA) is 111 Å². The van der Waals surface area contributed by atoms with Gasteiger partial charge in [-0.1, -0.05) is 0 Å². The highest BCUT2D eigenvalue weighted by atomic mass is 16.6. The number of benzene rings is 1. The number of rotatable bonds is 3. The van der Waals surface area contributed by atoms with Crippen molar-refractivity contribution in [3.8, 4) is 0 Å². The summed E-state index contributed by atoms with van der Waals surface area (Å²) < 4.78 is 7.17. The third-order valence-corrected chi connectivity index (χ3v) is 3.46. The minimum Gasteiger partial charge on any atom is -0.394 e. The number of hydrogen-bond donors (Lipinski definition) is 2. The molecule has 0 radical (unpaired) electrons. The van der Waals surface area contributed by atoms with E-state index in [0.29, 0.717) is 17.5 Å². The highest BCUT2D eigenvalue weighted by Gasteiger charge is 2.35. The predicted molar refractivity (Wildman–Crippen MR) is 68.0 cm³/mol. The Morgan fingerprint density at radius 1 is 1.55 bits per heavy atom. The van der Waals surface area contributed by atoms with E-state index >= 15 is 0 Å². The molecule has 106 valence electrons. The van der Waals surface area contributed by atoms with Crippen LogP contribution in [0.2, 0.25) is 0 Å². The number of nitrogens with zero attached hydrogens (tertiary/aromatic N) is 3. The average molecular weight is 279 g/mol. The lowest BCUT2D eigenvalue weighted by atomic mass is 10.2. The summed E-state index contributed by atoms with van der Waals surface area (Å²) in [6, 6.07) is 4.38. The van der Waals surface area contributed by atoms with E-state index in [4.69, 9.17) is 9.84 Å². The Labute approximate surface area is 113 Å². The SMILES string of the molecule is O=[N+]([O-])c1ccc2ncn([C@H]3C[C@H](O)[C@@H](CO)O3)c2c1. The maximum absolute atomic E-state index is 10.8. The first-order chi connectivity index (χ1) is 9.60. The molecule has 1 aromatic heterocycles. The Hall–Kier alpha value is -2.03. The average Bonchev–Trinajstić information content (AvgIpc) is 3.00. The molecule has 1 saturated heterocycles. The molecular formula is C12H13N3O5. The van der Waals surface area contributed by atoms with Gasteiger partial charge in [0.05, 0.1) is 35.0 Å². The van der Waals surface area contributed by atoms with E-state index < -0.39 is 23.4 Å². The van der Waals surface area contributed by atoms with Gasteiger partial charge in [-0.2, -0.15) is 0 Å². The van der Waals surface area contributed by atoms with E-state index in [2.05, 4.69) is 4.98 Å². The minimum absolute atomic E-state index is 0.0310. The van der Waals surface area contributed by atoms with Gasteiger partial charge in [-0.15, -0.1) is 0 Å². The van der Waals surface area contributed by atoms with Crippen LogP contribution in [0.15, 0.2) is 24.5 Å². The lowest BCUT2D eigenvalue weighted by molar-refractivity contribution is -0.384. The van der Waals surface area contributed by atoms with E-state index in [1.807, 2.05) is 0 Å². The van der Waals surface area contributed by atoms with Crippen LogP contribution in [0.5, 0.6) is 0 Å². The number of imidazole rings is 1. The summed E-state index contributed by atoms with van der Waals surface area (Å²) >= 11 is 0. The molecule has 3 rings (SSSR count). The van der Waals surface area contributed by atoms with E-state index in [1.54, 1.807) is 10.6 Å². The molecule has 0 aliphatic carbocycles. The highest BCUT2D eigenvalue weighted by molar-refractivity contribution is 5.78. The Morgan fingerprint density at radius 3 is 3.00 bits per heavy atom. The molecule has 0 spiro atoms. The maximum atomic E-state index is 10.8. The van der Waals surface area contributed by atoms with Crippen LogP contribution in [0.4, 0.5) is 5.69 Å². The molecule has 1 aliphatic rings. The first-order valence-corrected chi connectivity index (χ1v) is 6.15. The number of hydrogen-bond acceptors (Lipinski definition) is 6. The second-order valence-electron chi connectivity index (χ2n) is 4.70. The van der Waals surface area contributed by atoms with Crippen molar-refractivity contribution in [2.24, 2.45) is 0 Å². The molecule has 8 nitrogen and oxygen atoms in total. The van der Waals surface area contributed by atoms with Gasteiger partial charge < -0.3 is 19.5 Å². The number of nitro groups is 1. The summed E-state index contributed by atoms with van der Waals surface area (Å²) in [4.78, 5) is 14.5. The molecule has 0 bridgehead atoms. The first-order valence-electron chi connectivity index (χ1n) is 6.15. The van der Waals surface area contributed by atoms with Crippen molar-refractivity contribution in [2.45, 2.75) is 24.9 Å². The maximum Gasteiger partial charge on any atom is 0.271 e. The first kappa shape index (κ1) is 13.0. The third kappa shape index (κ3) is 2.03. The van der Waals surface area contributed by atoms with Gasteiger partial charge in [0, 0.05) is 18.6 Å². The Bertz CT molecular complexity index is 656. The summed E-state index contributed by atoms with van der Waals surface area (Å²) in [7, 11) is 0. The molecule has 2 N–H and O–H groups in total. The van der Waals surface area contributed by atoms with Crippen molar-refractivity contribution in [3.05, 3.63) is 34.6 Å². The Balaban J connectivity index is 2.00. The lowest BCUT2D eigenvalue weighted by Crippen LogP contribution is -2.24. The van der Waals surface area contributed by atoms with Crippen molar-refractivity contribution in [2.75, 3.05) is 6.61 Å². The van der Waals surface area contributed by atoms with Crippen molar-refractivity contribution >= 4 is 16.7 Å². The molecular weight excluding hydrogens is 266 g/mol. The van der Waals surface area contributed by atoms with E-state index in [9.17, 15) is 15.2 Å². The minimum atomic E-state index is -0.763. The fraction of sp³-hybridized carbons (Fsp3) is 0.417. The fourth-order valence-corrected chi connectivity index (χ4v) is 2.41. The van der Waals surface area contributed by atoms with E-state index in [-0.39, 0.29) is 12.3 Å². The largest absolute Gasteiger partial charge is 0.394 e. The van der Waals surface area contributed by atoms with E-state index in [0.717, 1.165) is 0 Å². The van der Waals surface area contributed by atoms with Gasteiger partial charge in [0.25, 0.3) is 5.69 Å². The number of aliphatic hydroxyl groups is 2. The number of ether oxygens (including phenoxy) is 1. The van der Waals surface area contributed by atoms with Crippen molar-refractivity contribution in [1.82, 2.24) is 9.55 Å². The lowest BCUT2D eigenvalue weighted by Gasteiger charge is -2.13. The zero-order chi connectivity index (χ0) is 14.3. The molecule has 1 aromatic carbocycles. The van der Waals surface area contributed by atoms with Crippen LogP contribution >= 0.6 is 0 Å². The summed E-state index contributed by atoms with van der Waals surface area (Å²) in [6.07, 6.45) is -0.0725. The van der Waals surface area contributed by atoms with Crippen LogP contribution in [0.25, 0.3) is 11.0 Å². The molecule has 0 saturated carbocycles. The van der Waals surface area contributed by atoms with Crippen molar-refractivity contribution in [3.63, 3.8) is 0 Å². The van der Waals surface area contributed by atoms with Gasteiger partial charge in [-0.3, -0.25) is 10.1 Å². The molecule has 1 fully saturated rings. The summed E-state index contributed by atoms with van der Waals surface area (Å²) in [5.74, 6) is 0. The van der Waals surface area contributed by atoms with Gasteiger partial charge in [-0.25, -0.2) is 4.98 Å². The zero-order valence-corrected chi connectivity index (χ0v) is 10.4. The molecule has 20 heavy (non-hydrogen) atoms. The van der Waals surface area contributed by atoms with Crippen LogP contribution < -0.4 is 0 Å². The highest BCUT2D eigenvalue weighted by Crippen LogP contribution is 2.32. The van der Waals surface area contributed by atoms with Crippen molar-refractivity contribution < 1.29 is 19.9 Å². The third-order valence-electron chi connectivity index (χ3n) is 3.46. The number of fused-ring (bicyclic) bond motifs is 1. The molecule has 0 unspecified atom stereocenters. The summed E-state index contributed by atoms with van der Waals surface area (Å²) in [5.41, 5.74) is 1.15. The van der Waals surface area contributed by atoms with Crippen LogP contribution in [-0.4, -0.2) is 43.5 Å². The molecule has 8 heteroatoms. The quantitative estimate of drug-likeness (QED) is 0.628. The molecule has 2 heterocycles. The van der Waals surface area contributed by atoms with Crippen LogP contribution in [0.1, 0.15) is 12.6 Å². The van der Waals surface area contributed by atoms with Gasteiger partial charge in [-0.05, 0) is 6.07 Å². The summed E-state index contributed by atoms with van der Waals surface area (Å²) in [5, 5.41) is 29.6. The monoisotopic (exact) mass is 279 g/mol. The summed E-state index contributed by atoms with van der Waals surface area (Å²) in [6.45, 7) is -0.273. The van der Waals surface area contributed by atoms with Crippen LogP contribution in [-0.2, 0) is 4.74 Å². The molecule has 0 amide bonds. The molecule has 1 aliphatic heterocycles. The smallest absolute Gasteiger partial charge is 0.271 e. The molecule has 2 aromatic rings. The number of nitro benzene ring substituents is 1. The predicted octanol–water partition coefficient (Wildman–Crippen LogP) is 0.585. The van der Waals surface area contributed by atoms with Crippen LogP contribution in [0, 0.1) is 10.1 Å². The zero-order valence-electron chi connectivity index (χ0n) is 10.4. The fourth-order valence-electron chi connectivity index (χ4n) is 2.41. The van der Waals surface area contributed by atoms with Crippen molar-refractivity contribution in [1.29, 1.82) is 0 Å². The Morgan fingerprint density at radius 2 is 2.35 bits per heavy atom.